The standard InChI is InChI=1S/C58H37NOS/c1-2-17-48-39(11-1)12-9-20-49(48)44-15-7-13-41(35-44)42-14-8-16-47(36-42)59(45-30-25-38(26-31-45)43-29-34-56-54(37-43)51-18-3-5-23-55(51)60-56)46-32-27-40(28-33-46)50-21-10-22-53-52-19-4-6-24-57(52)61-58(50)53/h1-37H. The minimum absolute atomic E-state index is 0.905. The average molecular weight is 796 g/mol. The van der Waals surface area contributed by atoms with Gasteiger partial charge in [0.2, 0.25) is 0 Å². The van der Waals surface area contributed by atoms with Crippen molar-refractivity contribution in [2.75, 3.05) is 4.90 Å². The van der Waals surface area contributed by atoms with Gasteiger partial charge in [0.25, 0.3) is 0 Å². The van der Waals surface area contributed by atoms with Crippen molar-refractivity contribution in [3.8, 4) is 44.5 Å². The Morgan fingerprint density at radius 1 is 0.311 bits per heavy atom. The molecular weight excluding hydrogens is 759 g/mol. The SMILES string of the molecule is c1cc(-c2cccc(N(c3ccc(-c4ccc5oc6ccccc6c5c4)cc3)c3ccc(-c4cccc5c4sc4ccccc45)cc3)c2)cc(-c2cccc3ccccc23)c1. The van der Waals surface area contributed by atoms with Gasteiger partial charge in [0.05, 0.1) is 0 Å². The predicted octanol–water partition coefficient (Wildman–Crippen LogP) is 17.2. The van der Waals surface area contributed by atoms with Crippen LogP contribution in [0.3, 0.4) is 0 Å². The lowest BCUT2D eigenvalue weighted by molar-refractivity contribution is 0.669. The van der Waals surface area contributed by atoms with E-state index >= 15 is 0 Å². The molecule has 0 unspecified atom stereocenters. The first-order valence-corrected chi connectivity index (χ1v) is 21.5. The molecule has 0 saturated carbocycles. The van der Waals surface area contributed by atoms with Crippen molar-refractivity contribution in [3.05, 3.63) is 224 Å². The Labute approximate surface area is 357 Å². The fourth-order valence-corrected chi connectivity index (χ4v) is 10.3. The maximum absolute atomic E-state index is 6.14. The molecule has 12 aromatic rings. The van der Waals surface area contributed by atoms with E-state index in [1.54, 1.807) is 0 Å². The highest BCUT2D eigenvalue weighted by atomic mass is 32.1. The lowest BCUT2D eigenvalue weighted by Gasteiger charge is -2.26. The molecule has 0 saturated heterocycles. The number of fused-ring (bicyclic) bond motifs is 7. The van der Waals surface area contributed by atoms with Gasteiger partial charge in [0.15, 0.2) is 0 Å². The van der Waals surface area contributed by atoms with E-state index in [0.717, 1.165) is 55.7 Å². The fraction of sp³-hybridized carbons (Fsp3) is 0. The van der Waals surface area contributed by atoms with Gasteiger partial charge in [-0.2, -0.15) is 0 Å². The molecule has 10 aromatic carbocycles. The van der Waals surface area contributed by atoms with E-state index in [1.807, 2.05) is 23.5 Å². The minimum atomic E-state index is 0.905. The third-order valence-electron chi connectivity index (χ3n) is 12.1. The molecule has 286 valence electrons. The molecule has 0 atom stereocenters. The molecule has 2 nitrogen and oxygen atoms in total. The molecule has 0 aliphatic rings. The van der Waals surface area contributed by atoms with Crippen LogP contribution >= 0.6 is 11.3 Å². The molecule has 0 N–H and O–H groups in total. The van der Waals surface area contributed by atoms with Gasteiger partial charge in [-0.25, -0.2) is 0 Å². The number of hydrogen-bond acceptors (Lipinski definition) is 3. The number of hydrogen-bond donors (Lipinski definition) is 0. The quantitative estimate of drug-likeness (QED) is 0.160. The van der Waals surface area contributed by atoms with E-state index in [4.69, 9.17) is 4.42 Å². The zero-order valence-electron chi connectivity index (χ0n) is 33.1. The molecule has 0 amide bonds. The van der Waals surface area contributed by atoms with Crippen LogP contribution in [0.5, 0.6) is 0 Å². The summed E-state index contributed by atoms with van der Waals surface area (Å²) >= 11 is 1.87. The summed E-state index contributed by atoms with van der Waals surface area (Å²) in [6.45, 7) is 0. The Bertz CT molecular complexity index is 3590. The topological polar surface area (TPSA) is 16.4 Å². The monoisotopic (exact) mass is 795 g/mol. The van der Waals surface area contributed by atoms with Gasteiger partial charge in [-0.1, -0.05) is 158 Å². The van der Waals surface area contributed by atoms with Gasteiger partial charge in [-0.3, -0.25) is 0 Å². The summed E-state index contributed by atoms with van der Waals surface area (Å²) in [4.78, 5) is 2.37. The first kappa shape index (κ1) is 35.2. The van der Waals surface area contributed by atoms with Gasteiger partial charge in [0.1, 0.15) is 11.2 Å². The van der Waals surface area contributed by atoms with Crippen molar-refractivity contribution in [3.63, 3.8) is 0 Å². The van der Waals surface area contributed by atoms with Crippen molar-refractivity contribution in [1.82, 2.24) is 0 Å². The number of benzene rings is 10. The molecule has 0 radical (unpaired) electrons. The first-order chi connectivity index (χ1) is 30.2. The van der Waals surface area contributed by atoms with Gasteiger partial charge in [-0.15, -0.1) is 11.3 Å². The maximum Gasteiger partial charge on any atom is 0.135 e. The molecule has 0 aliphatic heterocycles. The largest absolute Gasteiger partial charge is 0.456 e. The first-order valence-electron chi connectivity index (χ1n) is 20.7. The highest BCUT2D eigenvalue weighted by molar-refractivity contribution is 7.26. The summed E-state index contributed by atoms with van der Waals surface area (Å²) in [5.41, 5.74) is 14.6. The van der Waals surface area contributed by atoms with Crippen LogP contribution in [0, 0.1) is 0 Å². The number of thiophene rings is 1. The van der Waals surface area contributed by atoms with Gasteiger partial charge in [-0.05, 0) is 122 Å². The third-order valence-corrected chi connectivity index (χ3v) is 13.3. The number of rotatable bonds is 7. The second-order valence-corrected chi connectivity index (χ2v) is 16.7. The summed E-state index contributed by atoms with van der Waals surface area (Å²) in [6, 6.07) is 81.3. The molecule has 2 heterocycles. The summed E-state index contributed by atoms with van der Waals surface area (Å²) in [7, 11) is 0. The van der Waals surface area contributed by atoms with Crippen LogP contribution in [0.15, 0.2) is 229 Å². The Morgan fingerprint density at radius 3 is 1.74 bits per heavy atom. The van der Waals surface area contributed by atoms with E-state index in [2.05, 4.69) is 217 Å². The normalized spacial score (nSPS) is 11.6. The van der Waals surface area contributed by atoms with E-state index in [0.29, 0.717) is 0 Å². The van der Waals surface area contributed by atoms with Gasteiger partial charge < -0.3 is 9.32 Å². The number of anilines is 3. The van der Waals surface area contributed by atoms with Crippen molar-refractivity contribution >= 4 is 81.3 Å². The lowest BCUT2D eigenvalue weighted by atomic mass is 9.95. The zero-order valence-corrected chi connectivity index (χ0v) is 33.9. The summed E-state index contributed by atoms with van der Waals surface area (Å²) in [5.74, 6) is 0. The Kier molecular flexibility index (Phi) is 8.39. The highest BCUT2D eigenvalue weighted by Crippen LogP contribution is 2.43. The average Bonchev–Trinajstić information content (AvgIpc) is 3.90. The fourth-order valence-electron chi connectivity index (χ4n) is 9.09. The summed E-state index contributed by atoms with van der Waals surface area (Å²) < 4.78 is 8.78. The van der Waals surface area contributed by atoms with Crippen LogP contribution in [0.25, 0.3) is 97.4 Å². The van der Waals surface area contributed by atoms with E-state index in [-0.39, 0.29) is 0 Å². The smallest absolute Gasteiger partial charge is 0.135 e. The molecule has 12 rings (SSSR count). The Balaban J connectivity index is 0.951. The summed E-state index contributed by atoms with van der Waals surface area (Å²) in [5, 5.41) is 7.40. The Hall–Kier alpha value is -7.72. The van der Waals surface area contributed by atoms with Crippen molar-refractivity contribution in [1.29, 1.82) is 0 Å². The minimum Gasteiger partial charge on any atom is -0.456 e. The second-order valence-electron chi connectivity index (χ2n) is 15.7. The lowest BCUT2D eigenvalue weighted by Crippen LogP contribution is -2.10. The van der Waals surface area contributed by atoms with Crippen LogP contribution < -0.4 is 4.90 Å². The Morgan fingerprint density at radius 2 is 0.885 bits per heavy atom. The van der Waals surface area contributed by atoms with Crippen LogP contribution in [0.1, 0.15) is 0 Å². The zero-order chi connectivity index (χ0) is 40.3. The second kappa shape index (κ2) is 14.5. The van der Waals surface area contributed by atoms with E-state index < -0.39 is 0 Å². The number of nitrogens with zero attached hydrogens (tertiary/aromatic N) is 1. The molecule has 3 heteroatoms. The summed E-state index contributed by atoms with van der Waals surface area (Å²) in [6.07, 6.45) is 0. The van der Waals surface area contributed by atoms with Crippen molar-refractivity contribution in [2.45, 2.75) is 0 Å². The van der Waals surface area contributed by atoms with Crippen LogP contribution in [-0.2, 0) is 0 Å². The molecule has 61 heavy (non-hydrogen) atoms. The van der Waals surface area contributed by atoms with Gasteiger partial charge >= 0.3 is 0 Å². The van der Waals surface area contributed by atoms with E-state index in [9.17, 15) is 0 Å². The van der Waals surface area contributed by atoms with Crippen molar-refractivity contribution < 1.29 is 4.42 Å². The molecule has 0 fully saturated rings. The molecule has 0 bridgehead atoms. The molecule has 0 aliphatic carbocycles. The molecule has 2 aromatic heterocycles. The predicted molar refractivity (Wildman–Crippen MR) is 261 cm³/mol. The van der Waals surface area contributed by atoms with Crippen LogP contribution in [0.2, 0.25) is 0 Å². The number of furan rings is 1. The third kappa shape index (κ3) is 6.18. The number of para-hydroxylation sites is 1. The molecular formula is C58H37NOS. The van der Waals surface area contributed by atoms with Crippen molar-refractivity contribution in [2.24, 2.45) is 0 Å². The van der Waals surface area contributed by atoms with Gasteiger partial charge in [0, 0.05) is 48.0 Å². The highest BCUT2D eigenvalue weighted by Gasteiger charge is 2.17. The van der Waals surface area contributed by atoms with Crippen LogP contribution in [0.4, 0.5) is 17.1 Å². The van der Waals surface area contributed by atoms with Crippen LogP contribution in [-0.4, -0.2) is 0 Å². The van der Waals surface area contributed by atoms with E-state index in [1.165, 1.54) is 58.8 Å². The molecule has 0 spiro atoms. The maximum atomic E-state index is 6.14.